The summed E-state index contributed by atoms with van der Waals surface area (Å²) >= 11 is 0. The van der Waals surface area contributed by atoms with E-state index in [2.05, 4.69) is 41.2 Å². The predicted octanol–water partition coefficient (Wildman–Crippen LogP) is 4.01. The van der Waals surface area contributed by atoms with Gasteiger partial charge in [0, 0.05) is 17.3 Å². The van der Waals surface area contributed by atoms with E-state index in [-0.39, 0.29) is 11.3 Å². The average Bonchev–Trinajstić information content (AvgIpc) is 2.97. The number of nitrogens with zero attached hydrogens (tertiary/aromatic N) is 4. The fraction of sp³-hybridized carbons (Fsp3) is 0.368. The molecule has 1 N–H and O–H groups in total. The predicted molar refractivity (Wildman–Crippen MR) is 100.0 cm³/mol. The minimum Gasteiger partial charge on any atom is -0.305 e. The van der Waals surface area contributed by atoms with Gasteiger partial charge in [-0.15, -0.1) is 0 Å². The van der Waals surface area contributed by atoms with Crippen LogP contribution in [-0.4, -0.2) is 25.5 Å². The Balaban J connectivity index is 0.00000109. The van der Waals surface area contributed by atoms with E-state index in [1.54, 1.807) is 23.0 Å². The largest absolute Gasteiger partial charge is 0.305 e. The number of anilines is 1. The maximum atomic E-state index is 12.3. The van der Waals surface area contributed by atoms with Crippen molar-refractivity contribution in [2.75, 3.05) is 5.32 Å². The lowest BCUT2D eigenvalue weighted by atomic mass is 9.91. The first-order valence-electron chi connectivity index (χ1n) is 8.44. The highest BCUT2D eigenvalue weighted by atomic mass is 16.1. The number of imidazole rings is 1. The van der Waals surface area contributed by atoms with Gasteiger partial charge in [0.1, 0.15) is 0 Å². The Labute approximate surface area is 148 Å². The van der Waals surface area contributed by atoms with Crippen LogP contribution < -0.4 is 5.32 Å². The molecule has 3 aromatic rings. The second-order valence-electron chi connectivity index (χ2n) is 6.54. The molecule has 0 saturated carbocycles. The number of hydrogen-bond donors (Lipinski definition) is 1. The van der Waals surface area contributed by atoms with Gasteiger partial charge in [0.05, 0.1) is 17.5 Å². The summed E-state index contributed by atoms with van der Waals surface area (Å²) in [6.45, 7) is 12.2. The van der Waals surface area contributed by atoms with E-state index in [0.29, 0.717) is 17.0 Å². The number of aryl methyl sites for hydroxylation is 1. The Kier molecular flexibility index (Phi) is 5.51. The third-order valence-electron chi connectivity index (χ3n) is 3.49. The third-order valence-corrected chi connectivity index (χ3v) is 3.49. The summed E-state index contributed by atoms with van der Waals surface area (Å²) in [6, 6.07) is 7.39. The molecular weight excluding hydrogens is 314 g/mol. The van der Waals surface area contributed by atoms with Crippen LogP contribution in [0.5, 0.6) is 0 Å². The highest BCUT2D eigenvalue weighted by Gasteiger charge is 2.16. The molecule has 0 spiro atoms. The molecule has 0 aromatic carbocycles. The molecule has 3 aromatic heterocycles. The number of hydrogen-bond acceptors (Lipinski definition) is 4. The monoisotopic (exact) mass is 339 g/mol. The lowest BCUT2D eigenvalue weighted by Crippen LogP contribution is -2.16. The number of carbonyl (C=O) groups is 1. The zero-order chi connectivity index (χ0) is 18.6. The Morgan fingerprint density at radius 1 is 1.12 bits per heavy atom. The van der Waals surface area contributed by atoms with Crippen molar-refractivity contribution in [1.82, 2.24) is 19.6 Å². The van der Waals surface area contributed by atoms with Crippen LogP contribution in [0.3, 0.4) is 0 Å². The fourth-order valence-electron chi connectivity index (χ4n) is 2.20. The van der Waals surface area contributed by atoms with Crippen molar-refractivity contribution < 1.29 is 4.79 Å². The molecule has 0 unspecified atom stereocenters. The summed E-state index contributed by atoms with van der Waals surface area (Å²) in [5.41, 5.74) is 2.97. The van der Waals surface area contributed by atoms with Crippen molar-refractivity contribution >= 4 is 17.4 Å². The first kappa shape index (κ1) is 18.6. The van der Waals surface area contributed by atoms with E-state index in [9.17, 15) is 4.79 Å². The quantitative estimate of drug-likeness (QED) is 0.766. The van der Waals surface area contributed by atoms with Gasteiger partial charge in [-0.25, -0.2) is 9.50 Å². The third kappa shape index (κ3) is 4.41. The normalized spacial score (nSPS) is 11.0. The number of rotatable bonds is 2. The van der Waals surface area contributed by atoms with Gasteiger partial charge in [-0.05, 0) is 31.2 Å². The SMILES string of the molecule is CC.Cc1ccc2nc(NC(=O)c3ccc(C(C)(C)C)nc3)cn2n1. The van der Waals surface area contributed by atoms with Gasteiger partial charge in [0.2, 0.25) is 0 Å². The zero-order valence-electron chi connectivity index (χ0n) is 15.7. The molecular formula is C19H25N5O. The highest BCUT2D eigenvalue weighted by Crippen LogP contribution is 2.20. The molecule has 3 rings (SSSR count). The van der Waals surface area contributed by atoms with E-state index in [0.717, 1.165) is 11.4 Å². The molecule has 0 fully saturated rings. The molecule has 132 valence electrons. The van der Waals surface area contributed by atoms with Crippen LogP contribution in [0.1, 0.15) is 56.4 Å². The number of pyridine rings is 1. The van der Waals surface area contributed by atoms with Crippen LogP contribution >= 0.6 is 0 Å². The van der Waals surface area contributed by atoms with Gasteiger partial charge in [-0.3, -0.25) is 9.78 Å². The second-order valence-corrected chi connectivity index (χ2v) is 6.54. The smallest absolute Gasteiger partial charge is 0.258 e. The number of carbonyl (C=O) groups excluding carboxylic acids is 1. The van der Waals surface area contributed by atoms with Crippen molar-refractivity contribution in [2.24, 2.45) is 0 Å². The highest BCUT2D eigenvalue weighted by molar-refractivity contribution is 6.03. The van der Waals surface area contributed by atoms with Crippen molar-refractivity contribution in [3.8, 4) is 0 Å². The summed E-state index contributed by atoms with van der Waals surface area (Å²) in [5.74, 6) is 0.228. The molecule has 0 radical (unpaired) electrons. The molecule has 0 aliphatic rings. The van der Waals surface area contributed by atoms with Crippen LogP contribution in [0, 0.1) is 6.92 Å². The van der Waals surface area contributed by atoms with Crippen molar-refractivity contribution in [2.45, 2.75) is 47.0 Å². The summed E-state index contributed by atoms with van der Waals surface area (Å²) in [7, 11) is 0. The fourth-order valence-corrected chi connectivity index (χ4v) is 2.20. The number of aromatic nitrogens is 4. The van der Waals surface area contributed by atoms with Crippen LogP contribution in [0.2, 0.25) is 0 Å². The molecule has 6 heteroatoms. The summed E-state index contributed by atoms with van der Waals surface area (Å²) < 4.78 is 1.64. The van der Waals surface area contributed by atoms with Gasteiger partial charge in [0.25, 0.3) is 5.91 Å². The maximum Gasteiger partial charge on any atom is 0.258 e. The van der Waals surface area contributed by atoms with E-state index in [1.165, 1.54) is 0 Å². The van der Waals surface area contributed by atoms with Gasteiger partial charge in [-0.1, -0.05) is 34.6 Å². The topological polar surface area (TPSA) is 72.2 Å². The van der Waals surface area contributed by atoms with E-state index in [1.807, 2.05) is 39.0 Å². The van der Waals surface area contributed by atoms with Gasteiger partial charge in [-0.2, -0.15) is 5.10 Å². The maximum absolute atomic E-state index is 12.3. The van der Waals surface area contributed by atoms with Crippen LogP contribution in [0.25, 0.3) is 5.65 Å². The number of fused-ring (bicyclic) bond motifs is 1. The molecule has 0 aliphatic carbocycles. The van der Waals surface area contributed by atoms with Gasteiger partial charge < -0.3 is 5.32 Å². The second kappa shape index (κ2) is 7.42. The zero-order valence-corrected chi connectivity index (χ0v) is 15.7. The molecule has 0 atom stereocenters. The molecule has 0 saturated heterocycles. The molecule has 0 bridgehead atoms. The van der Waals surface area contributed by atoms with Crippen molar-refractivity contribution in [3.05, 3.63) is 53.6 Å². The number of amides is 1. The first-order valence-corrected chi connectivity index (χ1v) is 8.44. The van der Waals surface area contributed by atoms with Gasteiger partial charge in [0.15, 0.2) is 11.5 Å². The van der Waals surface area contributed by atoms with Crippen molar-refractivity contribution in [3.63, 3.8) is 0 Å². The van der Waals surface area contributed by atoms with Crippen LogP contribution in [0.4, 0.5) is 5.82 Å². The van der Waals surface area contributed by atoms with Crippen molar-refractivity contribution in [1.29, 1.82) is 0 Å². The molecule has 3 heterocycles. The summed E-state index contributed by atoms with van der Waals surface area (Å²) in [4.78, 5) is 21.0. The molecule has 1 amide bonds. The Bertz CT molecular complexity index is 860. The van der Waals surface area contributed by atoms with E-state index >= 15 is 0 Å². The minimum atomic E-state index is -0.238. The Hall–Kier alpha value is -2.76. The van der Waals surface area contributed by atoms with Crippen LogP contribution in [0.15, 0.2) is 36.7 Å². The minimum absolute atomic E-state index is 0.0415. The standard InChI is InChI=1S/C17H19N5O.C2H6/c1-11-5-8-15-19-14(10-22(15)21-11)20-16(23)12-6-7-13(18-9-12)17(2,3)4;1-2/h5-10H,1-4H3,(H,20,23);1-2H3. The lowest BCUT2D eigenvalue weighted by Gasteiger charge is -2.17. The van der Waals surface area contributed by atoms with Gasteiger partial charge >= 0.3 is 0 Å². The van der Waals surface area contributed by atoms with Crippen LogP contribution in [-0.2, 0) is 5.41 Å². The lowest BCUT2D eigenvalue weighted by molar-refractivity contribution is 0.102. The van der Waals surface area contributed by atoms with E-state index in [4.69, 9.17) is 0 Å². The summed E-state index contributed by atoms with van der Waals surface area (Å²) in [6.07, 6.45) is 3.28. The first-order chi connectivity index (χ1) is 11.8. The summed E-state index contributed by atoms with van der Waals surface area (Å²) in [5, 5.41) is 7.08. The van der Waals surface area contributed by atoms with E-state index < -0.39 is 0 Å². The Morgan fingerprint density at radius 2 is 1.84 bits per heavy atom. The molecule has 0 aliphatic heterocycles. The Morgan fingerprint density at radius 3 is 2.44 bits per heavy atom. The average molecular weight is 339 g/mol. The number of nitrogens with one attached hydrogen (secondary N) is 1. The molecule has 25 heavy (non-hydrogen) atoms. The molecule has 6 nitrogen and oxygen atoms in total.